The maximum atomic E-state index is 11.2. The number of aryl methyl sites for hydroxylation is 1. The third-order valence-electron chi connectivity index (χ3n) is 2.44. The molecule has 3 nitrogen and oxygen atoms in total. The van der Waals surface area contributed by atoms with Crippen LogP contribution in [0.15, 0.2) is 36.3 Å². The highest BCUT2D eigenvalue weighted by molar-refractivity contribution is 7.94. The maximum Gasteiger partial charge on any atom is 0.171 e. The Morgan fingerprint density at radius 1 is 1.35 bits per heavy atom. The molecule has 0 N–H and O–H groups in total. The molecule has 0 spiro atoms. The van der Waals surface area contributed by atoms with Gasteiger partial charge >= 0.3 is 0 Å². The van der Waals surface area contributed by atoms with E-state index >= 15 is 0 Å². The topological polar surface area (TPSA) is 43.4 Å². The first kappa shape index (κ1) is 13.8. The summed E-state index contributed by atoms with van der Waals surface area (Å²) in [4.78, 5) is 0. The van der Waals surface area contributed by atoms with Crippen molar-refractivity contribution in [2.45, 2.75) is 19.8 Å². The van der Waals surface area contributed by atoms with E-state index in [0.717, 1.165) is 23.1 Å². The van der Waals surface area contributed by atoms with Crippen LogP contribution in [0.25, 0.3) is 0 Å². The second-order valence-electron chi connectivity index (χ2n) is 3.70. The van der Waals surface area contributed by atoms with Gasteiger partial charge in [0, 0.05) is 5.41 Å². The lowest BCUT2D eigenvalue weighted by Gasteiger charge is -2.09. The Labute approximate surface area is 103 Å². The van der Waals surface area contributed by atoms with Gasteiger partial charge in [0.15, 0.2) is 9.84 Å². The SMILES string of the molecule is C=CS(=O)(=O)CCCOc1ccccc1CC. The molecule has 0 saturated heterocycles. The first-order valence-electron chi connectivity index (χ1n) is 5.65. The molecule has 1 aromatic rings. The molecule has 0 radical (unpaired) electrons. The molecule has 17 heavy (non-hydrogen) atoms. The molecule has 0 aliphatic heterocycles. The van der Waals surface area contributed by atoms with Gasteiger partial charge < -0.3 is 4.74 Å². The smallest absolute Gasteiger partial charge is 0.171 e. The van der Waals surface area contributed by atoms with Gasteiger partial charge in [-0.1, -0.05) is 31.7 Å². The van der Waals surface area contributed by atoms with Crippen molar-refractivity contribution in [3.8, 4) is 5.75 Å². The van der Waals surface area contributed by atoms with Crippen molar-refractivity contribution in [3.05, 3.63) is 41.8 Å². The lowest BCUT2D eigenvalue weighted by atomic mass is 10.1. The van der Waals surface area contributed by atoms with Gasteiger partial charge in [0.1, 0.15) is 5.75 Å². The summed E-state index contributed by atoms with van der Waals surface area (Å²) in [7, 11) is -3.11. The molecule has 0 bridgehead atoms. The second kappa shape index (κ2) is 6.45. The minimum absolute atomic E-state index is 0.0881. The van der Waals surface area contributed by atoms with E-state index in [9.17, 15) is 8.42 Å². The van der Waals surface area contributed by atoms with Crippen molar-refractivity contribution in [2.24, 2.45) is 0 Å². The Kier molecular flexibility index (Phi) is 5.22. The van der Waals surface area contributed by atoms with Crippen LogP contribution in [0.2, 0.25) is 0 Å². The molecular weight excluding hydrogens is 236 g/mol. The lowest BCUT2D eigenvalue weighted by molar-refractivity contribution is 0.315. The molecule has 0 aliphatic carbocycles. The van der Waals surface area contributed by atoms with E-state index in [4.69, 9.17) is 4.74 Å². The van der Waals surface area contributed by atoms with Crippen molar-refractivity contribution >= 4 is 9.84 Å². The fourth-order valence-electron chi connectivity index (χ4n) is 1.46. The van der Waals surface area contributed by atoms with Crippen LogP contribution >= 0.6 is 0 Å². The van der Waals surface area contributed by atoms with Crippen LogP contribution in [-0.4, -0.2) is 20.8 Å². The Morgan fingerprint density at radius 2 is 2.06 bits per heavy atom. The monoisotopic (exact) mass is 254 g/mol. The Morgan fingerprint density at radius 3 is 2.71 bits per heavy atom. The van der Waals surface area contributed by atoms with E-state index in [2.05, 4.69) is 13.5 Å². The number of hydrogen-bond donors (Lipinski definition) is 0. The molecule has 0 amide bonds. The quantitative estimate of drug-likeness (QED) is 0.702. The first-order chi connectivity index (χ1) is 8.09. The second-order valence-corrected chi connectivity index (χ2v) is 5.76. The number of rotatable bonds is 7. The summed E-state index contributed by atoms with van der Waals surface area (Å²) >= 11 is 0. The summed E-state index contributed by atoms with van der Waals surface area (Å²) in [6, 6.07) is 7.79. The molecule has 0 unspecified atom stereocenters. The van der Waals surface area contributed by atoms with Gasteiger partial charge in [0.05, 0.1) is 12.4 Å². The summed E-state index contributed by atoms with van der Waals surface area (Å²) < 4.78 is 27.9. The molecular formula is C13H18O3S. The summed E-state index contributed by atoms with van der Waals surface area (Å²) in [5.74, 6) is 0.927. The van der Waals surface area contributed by atoms with Crippen molar-refractivity contribution in [1.29, 1.82) is 0 Å². The highest BCUT2D eigenvalue weighted by Crippen LogP contribution is 2.18. The molecule has 94 valence electrons. The van der Waals surface area contributed by atoms with Gasteiger partial charge in [-0.3, -0.25) is 0 Å². The number of para-hydroxylation sites is 1. The van der Waals surface area contributed by atoms with Crippen LogP contribution in [0.3, 0.4) is 0 Å². The van der Waals surface area contributed by atoms with E-state index in [1.165, 1.54) is 0 Å². The summed E-state index contributed by atoms with van der Waals surface area (Å²) in [6.07, 6.45) is 1.38. The average molecular weight is 254 g/mol. The minimum atomic E-state index is -3.11. The molecule has 1 rings (SSSR count). The fraction of sp³-hybridized carbons (Fsp3) is 0.385. The van der Waals surface area contributed by atoms with Crippen molar-refractivity contribution in [2.75, 3.05) is 12.4 Å². The zero-order chi connectivity index (χ0) is 12.7. The maximum absolute atomic E-state index is 11.2. The molecule has 1 aromatic carbocycles. The largest absolute Gasteiger partial charge is 0.493 e. The Balaban J connectivity index is 2.44. The van der Waals surface area contributed by atoms with Crippen LogP contribution in [-0.2, 0) is 16.3 Å². The van der Waals surface area contributed by atoms with Gasteiger partial charge in [0.2, 0.25) is 0 Å². The molecule has 0 atom stereocenters. The fourth-order valence-corrected chi connectivity index (χ4v) is 2.15. The summed E-state index contributed by atoms with van der Waals surface area (Å²) in [6.45, 7) is 5.73. The molecule has 0 aliphatic rings. The van der Waals surface area contributed by atoms with Gasteiger partial charge in [-0.05, 0) is 24.5 Å². The van der Waals surface area contributed by atoms with E-state index < -0.39 is 9.84 Å². The highest BCUT2D eigenvalue weighted by atomic mass is 32.2. The van der Waals surface area contributed by atoms with Crippen molar-refractivity contribution < 1.29 is 13.2 Å². The first-order valence-corrected chi connectivity index (χ1v) is 7.36. The van der Waals surface area contributed by atoms with Gasteiger partial charge in [-0.2, -0.15) is 0 Å². The van der Waals surface area contributed by atoms with Gasteiger partial charge in [-0.15, -0.1) is 0 Å². The Bertz CT molecular complexity index is 463. The number of hydrogen-bond acceptors (Lipinski definition) is 3. The minimum Gasteiger partial charge on any atom is -0.493 e. The summed E-state index contributed by atoms with van der Waals surface area (Å²) in [5.41, 5.74) is 1.14. The van der Waals surface area contributed by atoms with E-state index in [0.29, 0.717) is 13.0 Å². The third-order valence-corrected chi connectivity index (χ3v) is 3.80. The normalized spacial score (nSPS) is 11.1. The van der Waals surface area contributed by atoms with Gasteiger partial charge in [-0.25, -0.2) is 8.42 Å². The predicted molar refractivity (Wildman–Crippen MR) is 69.9 cm³/mol. The molecule has 0 heterocycles. The third kappa shape index (κ3) is 4.61. The average Bonchev–Trinajstić information content (AvgIpc) is 2.35. The van der Waals surface area contributed by atoms with E-state index in [1.54, 1.807) is 0 Å². The zero-order valence-electron chi connectivity index (χ0n) is 10.1. The zero-order valence-corrected chi connectivity index (χ0v) is 10.9. The van der Waals surface area contributed by atoms with Crippen LogP contribution in [0.5, 0.6) is 5.75 Å². The van der Waals surface area contributed by atoms with Crippen LogP contribution < -0.4 is 4.74 Å². The molecule has 0 aromatic heterocycles. The Hall–Kier alpha value is -1.29. The number of ether oxygens (including phenoxy) is 1. The van der Waals surface area contributed by atoms with Crippen molar-refractivity contribution in [1.82, 2.24) is 0 Å². The van der Waals surface area contributed by atoms with Crippen LogP contribution in [0, 0.1) is 0 Å². The summed E-state index contributed by atoms with van der Waals surface area (Å²) in [5, 5.41) is 0.993. The van der Waals surface area contributed by atoms with Gasteiger partial charge in [0.25, 0.3) is 0 Å². The molecule has 0 saturated carbocycles. The van der Waals surface area contributed by atoms with Crippen LogP contribution in [0.4, 0.5) is 0 Å². The standard InChI is InChI=1S/C13H18O3S/c1-3-12-8-5-6-9-13(12)16-10-7-11-17(14,15)4-2/h4-6,8-9H,2-3,7,10-11H2,1H3. The number of sulfone groups is 1. The van der Waals surface area contributed by atoms with Crippen LogP contribution in [0.1, 0.15) is 18.9 Å². The predicted octanol–water partition coefficient (Wildman–Crippen LogP) is 2.58. The number of benzene rings is 1. The van der Waals surface area contributed by atoms with Crippen molar-refractivity contribution in [3.63, 3.8) is 0 Å². The molecule has 0 fully saturated rings. The lowest BCUT2D eigenvalue weighted by Crippen LogP contribution is -2.07. The van der Waals surface area contributed by atoms with E-state index in [1.807, 2.05) is 24.3 Å². The molecule has 4 heteroatoms. The highest BCUT2D eigenvalue weighted by Gasteiger charge is 2.05. The van der Waals surface area contributed by atoms with E-state index in [-0.39, 0.29) is 5.75 Å².